The predicted octanol–water partition coefficient (Wildman–Crippen LogP) is -4.71. The third kappa shape index (κ3) is 5.09. The molecule has 0 spiro atoms. The van der Waals surface area contributed by atoms with Crippen LogP contribution in [0.1, 0.15) is 0 Å². The summed E-state index contributed by atoms with van der Waals surface area (Å²) in [6.45, 7) is 1.57. The van der Waals surface area contributed by atoms with Crippen LogP contribution in [-0.4, -0.2) is 121 Å². The maximum Gasteiger partial charge on any atom is 0.187 e. The van der Waals surface area contributed by atoms with Gasteiger partial charge < -0.3 is 60.2 Å². The van der Waals surface area contributed by atoms with Crippen LogP contribution in [0.3, 0.4) is 0 Å². The number of aliphatic hydroxyl groups excluding tert-OH is 9. The zero-order chi connectivity index (χ0) is 20.0. The van der Waals surface area contributed by atoms with Crippen LogP contribution in [0.4, 0.5) is 0 Å². The minimum atomic E-state index is -1.74. The van der Waals surface area contributed by atoms with Gasteiger partial charge in [-0.05, 0) is 0 Å². The largest absolute Gasteiger partial charge is 0.516 e. The Morgan fingerprint density at radius 3 is 1.81 bits per heavy atom. The van der Waals surface area contributed by atoms with Crippen LogP contribution in [0.5, 0.6) is 0 Å². The first-order valence-electron chi connectivity index (χ1n) is 7.75. The van der Waals surface area contributed by atoms with Gasteiger partial charge in [0.05, 0.1) is 19.5 Å². The van der Waals surface area contributed by atoms with E-state index in [0.717, 1.165) is 6.26 Å². The molecule has 0 aromatic heterocycles. The molecule has 10 atom stereocenters. The minimum Gasteiger partial charge on any atom is -0.516 e. The normalized spacial score (nSPS) is 46.2. The Bertz CT molecular complexity index is 419. The number of hydrogen-bond donors (Lipinski definition) is 9. The molecule has 2 saturated heterocycles. The lowest BCUT2D eigenvalue weighted by atomic mass is 9.97. The summed E-state index contributed by atoms with van der Waals surface area (Å²) >= 11 is 0. The van der Waals surface area contributed by atoms with E-state index in [0.29, 0.717) is 0 Å². The molecule has 2 aliphatic rings. The summed E-state index contributed by atoms with van der Waals surface area (Å²) in [6.07, 6.45) is -14.8. The van der Waals surface area contributed by atoms with E-state index in [2.05, 4.69) is 6.58 Å². The van der Waals surface area contributed by atoms with Crippen molar-refractivity contribution < 1.29 is 60.2 Å². The van der Waals surface area contributed by atoms with Crippen LogP contribution in [0, 0.1) is 0 Å². The average molecular weight is 386 g/mol. The van der Waals surface area contributed by atoms with Crippen LogP contribution >= 0.6 is 0 Å². The molecule has 0 saturated carbocycles. The standard InChI is InChI=1S/C12H22O11.C2H4O/c13-1-3-5(15)6(16)9(19)12(22-3)23-10-4(2-14)21-11(20)8(18)7(10)17;1-2-3/h3-20H,1-2H2;2-3H,1H2. The van der Waals surface area contributed by atoms with Crippen LogP contribution in [0.15, 0.2) is 12.8 Å². The molecule has 0 amide bonds. The molecule has 0 aromatic rings. The number of rotatable bonds is 4. The van der Waals surface area contributed by atoms with Crippen molar-refractivity contribution >= 4 is 0 Å². The van der Waals surface area contributed by atoms with Crippen LogP contribution in [-0.2, 0) is 14.2 Å². The van der Waals surface area contributed by atoms with Gasteiger partial charge in [-0.2, -0.15) is 0 Å². The zero-order valence-corrected chi connectivity index (χ0v) is 13.7. The molecule has 0 aromatic carbocycles. The Labute approximate surface area is 148 Å². The Morgan fingerprint density at radius 2 is 1.31 bits per heavy atom. The molecule has 2 fully saturated rings. The highest BCUT2D eigenvalue weighted by molar-refractivity contribution is 4.93. The van der Waals surface area contributed by atoms with Gasteiger partial charge in [-0.25, -0.2) is 0 Å². The van der Waals surface area contributed by atoms with Crippen molar-refractivity contribution in [2.45, 2.75) is 61.4 Å². The lowest BCUT2D eigenvalue weighted by molar-refractivity contribution is -0.355. The lowest BCUT2D eigenvalue weighted by Gasteiger charge is -2.45. The molecular formula is C14H26O12. The van der Waals surface area contributed by atoms with Gasteiger partial charge in [0.1, 0.15) is 48.8 Å². The molecule has 0 aliphatic carbocycles. The van der Waals surface area contributed by atoms with Gasteiger partial charge in [-0.15, -0.1) is 0 Å². The van der Waals surface area contributed by atoms with E-state index < -0.39 is 74.6 Å². The van der Waals surface area contributed by atoms with E-state index in [1.165, 1.54) is 0 Å². The molecule has 2 aliphatic heterocycles. The smallest absolute Gasteiger partial charge is 0.187 e. The van der Waals surface area contributed by atoms with Crippen LogP contribution in [0.25, 0.3) is 0 Å². The molecule has 12 nitrogen and oxygen atoms in total. The van der Waals surface area contributed by atoms with E-state index in [4.69, 9.17) is 24.4 Å². The van der Waals surface area contributed by atoms with E-state index in [9.17, 15) is 35.7 Å². The Balaban J connectivity index is 0.00000105. The maximum atomic E-state index is 9.94. The van der Waals surface area contributed by atoms with Crippen molar-refractivity contribution in [3.63, 3.8) is 0 Å². The summed E-state index contributed by atoms with van der Waals surface area (Å²) in [5.41, 5.74) is 0. The molecule has 12 heteroatoms. The van der Waals surface area contributed by atoms with E-state index in [1.54, 1.807) is 0 Å². The van der Waals surface area contributed by atoms with Crippen molar-refractivity contribution in [2.75, 3.05) is 13.2 Å². The minimum absolute atomic E-state index is 0.667. The topological polar surface area (TPSA) is 210 Å². The van der Waals surface area contributed by atoms with Gasteiger partial charge in [-0.3, -0.25) is 0 Å². The molecular weight excluding hydrogens is 360 g/mol. The Kier molecular flexibility index (Phi) is 9.29. The summed E-state index contributed by atoms with van der Waals surface area (Å²) < 4.78 is 15.3. The number of ether oxygens (including phenoxy) is 3. The Hall–Kier alpha value is -0.900. The second-order valence-electron chi connectivity index (χ2n) is 5.71. The maximum absolute atomic E-state index is 9.94. The van der Waals surface area contributed by atoms with E-state index in [1.807, 2.05) is 0 Å². The summed E-state index contributed by atoms with van der Waals surface area (Å²) in [5, 5.41) is 83.8. The molecule has 26 heavy (non-hydrogen) atoms. The molecule has 0 bridgehead atoms. The highest BCUT2D eigenvalue weighted by Crippen LogP contribution is 2.28. The van der Waals surface area contributed by atoms with Gasteiger partial charge >= 0.3 is 0 Å². The summed E-state index contributed by atoms with van der Waals surface area (Å²) in [5.74, 6) is 0. The van der Waals surface area contributed by atoms with Crippen molar-refractivity contribution in [1.29, 1.82) is 0 Å². The summed E-state index contributed by atoms with van der Waals surface area (Å²) in [7, 11) is 0. The zero-order valence-electron chi connectivity index (χ0n) is 13.7. The average Bonchev–Trinajstić information content (AvgIpc) is 2.62. The first-order valence-corrected chi connectivity index (χ1v) is 7.75. The van der Waals surface area contributed by atoms with Crippen LogP contribution in [0.2, 0.25) is 0 Å². The molecule has 2 heterocycles. The molecule has 0 radical (unpaired) electrons. The van der Waals surface area contributed by atoms with E-state index >= 15 is 0 Å². The number of aliphatic hydroxyl groups is 9. The quantitative estimate of drug-likeness (QED) is 0.209. The molecule has 10 unspecified atom stereocenters. The monoisotopic (exact) mass is 386 g/mol. The second-order valence-corrected chi connectivity index (χ2v) is 5.71. The van der Waals surface area contributed by atoms with Gasteiger partial charge in [0.25, 0.3) is 0 Å². The predicted molar refractivity (Wildman–Crippen MR) is 81.4 cm³/mol. The number of hydrogen-bond acceptors (Lipinski definition) is 12. The van der Waals surface area contributed by atoms with Crippen molar-refractivity contribution in [3.05, 3.63) is 12.8 Å². The third-order valence-electron chi connectivity index (χ3n) is 3.98. The van der Waals surface area contributed by atoms with Crippen molar-refractivity contribution in [3.8, 4) is 0 Å². The van der Waals surface area contributed by atoms with Crippen molar-refractivity contribution in [1.82, 2.24) is 0 Å². The fourth-order valence-electron chi connectivity index (χ4n) is 2.57. The van der Waals surface area contributed by atoms with Gasteiger partial charge in [0, 0.05) is 0 Å². The molecule has 2 rings (SSSR count). The van der Waals surface area contributed by atoms with Gasteiger partial charge in [-0.1, -0.05) is 6.58 Å². The fourth-order valence-corrected chi connectivity index (χ4v) is 2.57. The molecule has 154 valence electrons. The fraction of sp³-hybridized carbons (Fsp3) is 0.857. The second kappa shape index (κ2) is 10.4. The van der Waals surface area contributed by atoms with Crippen LogP contribution < -0.4 is 0 Å². The highest BCUT2D eigenvalue weighted by Gasteiger charge is 2.50. The first kappa shape index (κ1) is 23.1. The summed E-state index contributed by atoms with van der Waals surface area (Å²) in [4.78, 5) is 0. The third-order valence-corrected chi connectivity index (χ3v) is 3.98. The molecule has 9 N–H and O–H groups in total. The van der Waals surface area contributed by atoms with Crippen molar-refractivity contribution in [2.24, 2.45) is 0 Å². The van der Waals surface area contributed by atoms with Gasteiger partial charge in [0.15, 0.2) is 12.6 Å². The highest BCUT2D eigenvalue weighted by atomic mass is 16.7. The first-order chi connectivity index (χ1) is 12.2. The SMILES string of the molecule is C=CO.OCC1OC(OC2C(CO)OC(O)C(O)C2O)C(O)C(O)C1O. The van der Waals surface area contributed by atoms with E-state index in [-0.39, 0.29) is 0 Å². The summed E-state index contributed by atoms with van der Waals surface area (Å²) in [6, 6.07) is 0. The lowest BCUT2D eigenvalue weighted by Crippen LogP contribution is -2.64. The van der Waals surface area contributed by atoms with Gasteiger partial charge in [0.2, 0.25) is 0 Å². The Morgan fingerprint density at radius 1 is 0.769 bits per heavy atom.